The molecule has 1 unspecified atom stereocenters. The van der Waals surface area contributed by atoms with Crippen molar-refractivity contribution in [1.82, 2.24) is 4.72 Å². The summed E-state index contributed by atoms with van der Waals surface area (Å²) in [6.45, 7) is 1.88. The van der Waals surface area contributed by atoms with Crippen LogP contribution < -0.4 is 4.72 Å². The second-order valence-corrected chi connectivity index (χ2v) is 6.89. The summed E-state index contributed by atoms with van der Waals surface area (Å²) in [5, 5.41) is 0. The minimum atomic E-state index is -3.74. The van der Waals surface area contributed by atoms with Crippen molar-refractivity contribution in [1.29, 1.82) is 0 Å². The number of hydrogen-bond donors (Lipinski definition) is 1. The van der Waals surface area contributed by atoms with E-state index in [1.54, 1.807) is 36.4 Å². The van der Waals surface area contributed by atoms with Gasteiger partial charge < -0.3 is 4.74 Å². The Kier molecular flexibility index (Phi) is 5.52. The lowest BCUT2D eigenvalue weighted by atomic mass is 10.1. The van der Waals surface area contributed by atoms with Crippen molar-refractivity contribution in [3.05, 3.63) is 65.7 Å². The summed E-state index contributed by atoms with van der Waals surface area (Å²) in [5.41, 5.74) is 1.67. The Morgan fingerprint density at radius 3 is 2.26 bits per heavy atom. The fourth-order valence-electron chi connectivity index (χ4n) is 2.14. The number of rotatable bonds is 6. The van der Waals surface area contributed by atoms with Crippen LogP contribution in [0.2, 0.25) is 0 Å². The summed E-state index contributed by atoms with van der Waals surface area (Å²) < 4.78 is 32.3. The fourth-order valence-corrected chi connectivity index (χ4v) is 3.36. The molecular weight excluding hydrogens is 314 g/mol. The number of hydrogen-bond acceptors (Lipinski definition) is 4. The molecule has 0 radical (unpaired) electrons. The first-order valence-corrected chi connectivity index (χ1v) is 8.61. The Morgan fingerprint density at radius 2 is 1.70 bits per heavy atom. The quantitative estimate of drug-likeness (QED) is 0.825. The third kappa shape index (κ3) is 4.64. The first-order chi connectivity index (χ1) is 10.9. The molecule has 0 bridgehead atoms. The third-order valence-corrected chi connectivity index (χ3v) is 4.92. The minimum absolute atomic E-state index is 0.0778. The summed E-state index contributed by atoms with van der Waals surface area (Å²) in [6.07, 6.45) is -0.0778. The first-order valence-electron chi connectivity index (χ1n) is 7.13. The van der Waals surface area contributed by atoms with E-state index in [0.29, 0.717) is 5.56 Å². The van der Waals surface area contributed by atoms with Gasteiger partial charge in [-0.1, -0.05) is 48.0 Å². The molecular formula is C17H19NO4S. The van der Waals surface area contributed by atoms with Crippen LogP contribution in [0.15, 0.2) is 59.5 Å². The van der Waals surface area contributed by atoms with E-state index in [0.717, 1.165) is 5.56 Å². The third-order valence-electron chi connectivity index (χ3n) is 3.43. The Balaban J connectivity index is 2.29. The van der Waals surface area contributed by atoms with E-state index < -0.39 is 22.0 Å². The van der Waals surface area contributed by atoms with Gasteiger partial charge in [0.2, 0.25) is 10.0 Å². The normalized spacial score (nSPS) is 12.6. The average molecular weight is 333 g/mol. The second-order valence-electron chi connectivity index (χ2n) is 5.18. The maximum absolute atomic E-state index is 12.5. The Bertz CT molecular complexity index is 755. The lowest BCUT2D eigenvalue weighted by molar-refractivity contribution is -0.141. The molecule has 0 fully saturated rings. The number of carbonyl (C=O) groups excluding carboxylic acids is 1. The second kappa shape index (κ2) is 7.39. The van der Waals surface area contributed by atoms with E-state index in [4.69, 9.17) is 0 Å². The highest BCUT2D eigenvalue weighted by molar-refractivity contribution is 7.89. The van der Waals surface area contributed by atoms with Gasteiger partial charge in [0.25, 0.3) is 0 Å². The molecule has 1 N–H and O–H groups in total. The molecule has 0 aliphatic carbocycles. The SMILES string of the molecule is COC(=O)CC(NS(=O)(=O)c1ccc(C)cc1)c1ccccc1. The Hall–Kier alpha value is -2.18. The molecule has 1 atom stereocenters. The van der Waals surface area contributed by atoms with Crippen molar-refractivity contribution in [3.8, 4) is 0 Å². The molecule has 2 aromatic rings. The van der Waals surface area contributed by atoms with Crippen LogP contribution >= 0.6 is 0 Å². The average Bonchev–Trinajstić information content (AvgIpc) is 2.55. The van der Waals surface area contributed by atoms with Gasteiger partial charge in [-0.3, -0.25) is 4.79 Å². The Labute approximate surface area is 136 Å². The van der Waals surface area contributed by atoms with Gasteiger partial charge in [-0.25, -0.2) is 13.1 Å². The zero-order valence-electron chi connectivity index (χ0n) is 13.0. The van der Waals surface area contributed by atoms with Crippen LogP contribution in [0.3, 0.4) is 0 Å². The van der Waals surface area contributed by atoms with Crippen LogP contribution in [-0.4, -0.2) is 21.5 Å². The van der Waals surface area contributed by atoms with Crippen LogP contribution in [0.25, 0.3) is 0 Å². The number of ether oxygens (including phenoxy) is 1. The predicted octanol–water partition coefficient (Wildman–Crippen LogP) is 2.58. The molecule has 0 saturated heterocycles. The maximum atomic E-state index is 12.5. The standard InChI is InChI=1S/C17H19NO4S/c1-13-8-10-15(11-9-13)23(20,21)18-16(12-17(19)22-2)14-6-4-3-5-7-14/h3-11,16,18H,12H2,1-2H3. The van der Waals surface area contributed by atoms with E-state index in [1.807, 2.05) is 13.0 Å². The summed E-state index contributed by atoms with van der Waals surface area (Å²) >= 11 is 0. The van der Waals surface area contributed by atoms with Crippen LogP contribution in [0.4, 0.5) is 0 Å². The highest BCUT2D eigenvalue weighted by Gasteiger charge is 2.23. The van der Waals surface area contributed by atoms with Gasteiger partial charge in [0, 0.05) is 0 Å². The largest absolute Gasteiger partial charge is 0.469 e. The number of carbonyl (C=O) groups is 1. The molecule has 0 spiro atoms. The van der Waals surface area contributed by atoms with Gasteiger partial charge in [0.1, 0.15) is 0 Å². The van der Waals surface area contributed by atoms with Gasteiger partial charge in [-0.05, 0) is 24.6 Å². The number of benzene rings is 2. The number of methoxy groups -OCH3 is 1. The highest BCUT2D eigenvalue weighted by Crippen LogP contribution is 2.21. The lowest BCUT2D eigenvalue weighted by Gasteiger charge is -2.18. The molecule has 0 amide bonds. The monoisotopic (exact) mass is 333 g/mol. The van der Waals surface area contributed by atoms with Crippen LogP contribution in [0.1, 0.15) is 23.6 Å². The van der Waals surface area contributed by atoms with E-state index in [1.165, 1.54) is 19.2 Å². The van der Waals surface area contributed by atoms with Gasteiger partial charge in [0.15, 0.2) is 0 Å². The highest BCUT2D eigenvalue weighted by atomic mass is 32.2. The summed E-state index contributed by atoms with van der Waals surface area (Å²) in [7, 11) is -2.46. The van der Waals surface area contributed by atoms with E-state index in [-0.39, 0.29) is 11.3 Å². The molecule has 122 valence electrons. The van der Waals surface area contributed by atoms with Crippen molar-refractivity contribution in [2.24, 2.45) is 0 Å². The molecule has 5 nitrogen and oxygen atoms in total. The summed E-state index contributed by atoms with van der Waals surface area (Å²) in [6, 6.07) is 14.8. The van der Waals surface area contributed by atoms with E-state index in [9.17, 15) is 13.2 Å². The van der Waals surface area contributed by atoms with Crippen molar-refractivity contribution in [3.63, 3.8) is 0 Å². The topological polar surface area (TPSA) is 72.5 Å². The molecule has 0 heterocycles. The molecule has 0 aromatic heterocycles. The summed E-state index contributed by atoms with van der Waals surface area (Å²) in [5.74, 6) is -0.481. The number of esters is 1. The maximum Gasteiger partial charge on any atom is 0.307 e. The molecule has 0 saturated carbocycles. The smallest absolute Gasteiger partial charge is 0.307 e. The zero-order valence-corrected chi connectivity index (χ0v) is 13.8. The Morgan fingerprint density at radius 1 is 1.09 bits per heavy atom. The molecule has 0 aliphatic rings. The fraction of sp³-hybridized carbons (Fsp3) is 0.235. The van der Waals surface area contributed by atoms with Gasteiger partial charge in [-0.15, -0.1) is 0 Å². The molecule has 6 heteroatoms. The van der Waals surface area contributed by atoms with Crippen molar-refractivity contribution < 1.29 is 17.9 Å². The summed E-state index contributed by atoms with van der Waals surface area (Å²) in [4.78, 5) is 11.8. The van der Waals surface area contributed by atoms with Gasteiger partial charge in [0.05, 0.1) is 24.5 Å². The van der Waals surface area contributed by atoms with Crippen LogP contribution in [-0.2, 0) is 19.6 Å². The zero-order chi connectivity index (χ0) is 16.9. The van der Waals surface area contributed by atoms with Gasteiger partial charge >= 0.3 is 5.97 Å². The molecule has 0 aliphatic heterocycles. The van der Waals surface area contributed by atoms with E-state index in [2.05, 4.69) is 9.46 Å². The minimum Gasteiger partial charge on any atom is -0.469 e. The molecule has 2 aromatic carbocycles. The van der Waals surface area contributed by atoms with Gasteiger partial charge in [-0.2, -0.15) is 0 Å². The first kappa shape index (κ1) is 17.2. The van der Waals surface area contributed by atoms with E-state index >= 15 is 0 Å². The lowest BCUT2D eigenvalue weighted by Crippen LogP contribution is -2.30. The number of sulfonamides is 1. The van der Waals surface area contributed by atoms with Crippen LogP contribution in [0.5, 0.6) is 0 Å². The molecule has 23 heavy (non-hydrogen) atoms. The number of nitrogens with one attached hydrogen (secondary N) is 1. The predicted molar refractivity (Wildman–Crippen MR) is 87.3 cm³/mol. The molecule has 2 rings (SSSR count). The van der Waals surface area contributed by atoms with Crippen molar-refractivity contribution in [2.75, 3.05) is 7.11 Å². The van der Waals surface area contributed by atoms with Crippen LogP contribution in [0, 0.1) is 6.92 Å². The van der Waals surface area contributed by atoms with Crippen molar-refractivity contribution in [2.45, 2.75) is 24.3 Å². The number of aryl methyl sites for hydroxylation is 1. The van der Waals surface area contributed by atoms with Crippen molar-refractivity contribution >= 4 is 16.0 Å².